The molecule has 2 aliphatic rings. The van der Waals surface area contributed by atoms with Gasteiger partial charge in [-0.05, 0) is 24.5 Å². The van der Waals surface area contributed by atoms with Gasteiger partial charge in [0, 0.05) is 12.0 Å². The molecular weight excluding hydrogens is 300 g/mol. The molecule has 1 atom stereocenters. The monoisotopic (exact) mass is 310 g/mol. The lowest BCUT2D eigenvalue weighted by atomic mass is 10.0. The number of benzene rings is 1. The fourth-order valence-corrected chi connectivity index (χ4v) is 2.73. The normalized spacial score (nSPS) is 19.8. The molecule has 0 spiro atoms. The number of nitrogens with zero attached hydrogens (tertiary/aromatic N) is 1. The number of hydrogen-bond donors (Lipinski definition) is 1. The average molecular weight is 310 g/mol. The van der Waals surface area contributed by atoms with Crippen molar-refractivity contribution >= 4 is 29.9 Å². The third-order valence-electron chi connectivity index (χ3n) is 3.73. The van der Waals surface area contributed by atoms with E-state index in [0.717, 1.165) is 4.90 Å². The number of piperidine rings is 1. The summed E-state index contributed by atoms with van der Waals surface area (Å²) in [6.45, 7) is 0. The second kappa shape index (κ2) is 5.50. The number of amides is 4. The predicted octanol–water partition coefficient (Wildman–Crippen LogP) is -0.362. The highest BCUT2D eigenvalue weighted by Gasteiger charge is 2.45. The predicted molar refractivity (Wildman–Crippen MR) is 76.1 cm³/mol. The molecule has 2 aliphatic heterocycles. The molecule has 23 heavy (non-hydrogen) atoms. The first-order valence-electron chi connectivity index (χ1n) is 6.84. The van der Waals surface area contributed by atoms with E-state index < -0.39 is 29.7 Å². The van der Waals surface area contributed by atoms with E-state index in [1.165, 1.54) is 12.1 Å². The first-order chi connectivity index (χ1) is 11.0. The van der Waals surface area contributed by atoms with Crippen LogP contribution in [0.2, 0.25) is 0 Å². The molecule has 1 fully saturated rings. The summed E-state index contributed by atoms with van der Waals surface area (Å²) in [6, 6.07) is 3.52. The standard InChI is InChI=1S/C16H10N2O5/c19-8-2-4-9-3-1-5-10-13(9)16(23)18(15(10)22)11-6-7-12(20)17-14(11)21/h1,3,5,8,11H,6-7H2,(H,17,20,21). The Labute approximate surface area is 130 Å². The van der Waals surface area contributed by atoms with Crippen molar-refractivity contribution in [2.75, 3.05) is 0 Å². The van der Waals surface area contributed by atoms with Gasteiger partial charge in [-0.25, -0.2) is 0 Å². The zero-order valence-electron chi connectivity index (χ0n) is 11.8. The summed E-state index contributed by atoms with van der Waals surface area (Å²) in [5.41, 5.74) is 0.469. The zero-order valence-corrected chi connectivity index (χ0v) is 11.8. The van der Waals surface area contributed by atoms with Gasteiger partial charge in [0.1, 0.15) is 6.04 Å². The molecule has 1 N–H and O–H groups in total. The van der Waals surface area contributed by atoms with Gasteiger partial charge >= 0.3 is 0 Å². The van der Waals surface area contributed by atoms with E-state index >= 15 is 0 Å². The van der Waals surface area contributed by atoms with Gasteiger partial charge in [0.25, 0.3) is 11.8 Å². The second-order valence-corrected chi connectivity index (χ2v) is 5.06. The Morgan fingerprint density at radius 3 is 2.65 bits per heavy atom. The van der Waals surface area contributed by atoms with Crippen molar-refractivity contribution < 1.29 is 24.0 Å². The van der Waals surface area contributed by atoms with Crippen LogP contribution in [0.25, 0.3) is 0 Å². The molecule has 4 amide bonds. The molecule has 0 radical (unpaired) electrons. The van der Waals surface area contributed by atoms with E-state index in [1.807, 2.05) is 0 Å². The molecule has 1 aromatic carbocycles. The fraction of sp³-hybridized carbons (Fsp3) is 0.188. The van der Waals surface area contributed by atoms with Crippen LogP contribution in [0.4, 0.5) is 0 Å². The first kappa shape index (κ1) is 14.7. The maximum atomic E-state index is 12.6. The van der Waals surface area contributed by atoms with Crippen LogP contribution in [0.3, 0.4) is 0 Å². The summed E-state index contributed by atoms with van der Waals surface area (Å²) < 4.78 is 0. The molecule has 0 aliphatic carbocycles. The van der Waals surface area contributed by atoms with Gasteiger partial charge in [0.2, 0.25) is 11.8 Å². The fourth-order valence-electron chi connectivity index (χ4n) is 2.73. The van der Waals surface area contributed by atoms with Crippen molar-refractivity contribution in [1.29, 1.82) is 0 Å². The third kappa shape index (κ3) is 2.30. The number of aldehydes is 1. The largest absolute Gasteiger partial charge is 0.295 e. The summed E-state index contributed by atoms with van der Waals surface area (Å²) in [7, 11) is 0. The summed E-state index contributed by atoms with van der Waals surface area (Å²) in [5.74, 6) is 2.37. The summed E-state index contributed by atoms with van der Waals surface area (Å²) >= 11 is 0. The number of imide groups is 2. The molecule has 114 valence electrons. The number of hydrogen-bond acceptors (Lipinski definition) is 5. The molecule has 0 bridgehead atoms. The minimum absolute atomic E-state index is 0.0572. The van der Waals surface area contributed by atoms with Crippen LogP contribution < -0.4 is 5.32 Å². The van der Waals surface area contributed by atoms with Gasteiger partial charge in [0.05, 0.1) is 11.1 Å². The van der Waals surface area contributed by atoms with Crippen molar-refractivity contribution in [1.82, 2.24) is 10.2 Å². The van der Waals surface area contributed by atoms with E-state index in [4.69, 9.17) is 0 Å². The molecule has 7 heteroatoms. The topological polar surface area (TPSA) is 101 Å². The number of carbonyl (C=O) groups excluding carboxylic acids is 5. The van der Waals surface area contributed by atoms with E-state index in [0.29, 0.717) is 6.29 Å². The summed E-state index contributed by atoms with van der Waals surface area (Å²) in [4.78, 5) is 59.5. The quantitative estimate of drug-likeness (QED) is 0.433. The van der Waals surface area contributed by atoms with Crippen molar-refractivity contribution in [3.05, 3.63) is 34.9 Å². The van der Waals surface area contributed by atoms with Crippen LogP contribution in [0.5, 0.6) is 0 Å². The minimum atomic E-state index is -1.02. The molecule has 2 heterocycles. The third-order valence-corrected chi connectivity index (χ3v) is 3.73. The van der Waals surface area contributed by atoms with Gasteiger partial charge in [-0.15, -0.1) is 0 Å². The molecular formula is C16H10N2O5. The zero-order chi connectivity index (χ0) is 16.6. The number of carbonyl (C=O) groups is 5. The first-order valence-corrected chi connectivity index (χ1v) is 6.84. The van der Waals surface area contributed by atoms with Gasteiger partial charge in [0.15, 0.2) is 6.29 Å². The molecule has 1 aromatic rings. The van der Waals surface area contributed by atoms with Gasteiger partial charge in [-0.1, -0.05) is 12.0 Å². The Bertz CT molecular complexity index is 831. The maximum Gasteiger partial charge on any atom is 0.263 e. The lowest BCUT2D eigenvalue weighted by molar-refractivity contribution is -0.136. The lowest BCUT2D eigenvalue weighted by Gasteiger charge is -2.27. The molecule has 0 saturated carbocycles. The van der Waals surface area contributed by atoms with Crippen LogP contribution in [0.1, 0.15) is 39.1 Å². The molecule has 1 saturated heterocycles. The van der Waals surface area contributed by atoms with E-state index in [9.17, 15) is 24.0 Å². The SMILES string of the molecule is O=CC#Cc1cccc2c1C(=O)N(C1CCC(=O)NC1=O)C2=O. The van der Waals surface area contributed by atoms with E-state index in [2.05, 4.69) is 17.2 Å². The molecule has 7 nitrogen and oxygen atoms in total. The van der Waals surface area contributed by atoms with Crippen molar-refractivity contribution in [2.45, 2.75) is 18.9 Å². The van der Waals surface area contributed by atoms with Crippen LogP contribution >= 0.6 is 0 Å². The average Bonchev–Trinajstić information content (AvgIpc) is 2.78. The highest BCUT2D eigenvalue weighted by atomic mass is 16.2. The molecule has 0 aromatic heterocycles. The Kier molecular flexibility index (Phi) is 3.50. The van der Waals surface area contributed by atoms with Crippen LogP contribution in [-0.4, -0.2) is 40.9 Å². The van der Waals surface area contributed by atoms with Crippen molar-refractivity contribution in [2.24, 2.45) is 0 Å². The molecule has 1 unspecified atom stereocenters. The van der Waals surface area contributed by atoms with E-state index in [1.54, 1.807) is 6.07 Å². The van der Waals surface area contributed by atoms with Crippen LogP contribution in [0.15, 0.2) is 18.2 Å². The highest BCUT2D eigenvalue weighted by Crippen LogP contribution is 2.29. The Morgan fingerprint density at radius 2 is 1.96 bits per heavy atom. The van der Waals surface area contributed by atoms with Crippen LogP contribution in [0, 0.1) is 11.8 Å². The maximum absolute atomic E-state index is 12.6. The second-order valence-electron chi connectivity index (χ2n) is 5.06. The van der Waals surface area contributed by atoms with E-state index in [-0.39, 0.29) is 29.5 Å². The van der Waals surface area contributed by atoms with Gasteiger partial charge in [-0.2, -0.15) is 0 Å². The highest BCUT2D eigenvalue weighted by molar-refractivity contribution is 6.24. The summed E-state index contributed by atoms with van der Waals surface area (Å²) in [5, 5.41) is 2.12. The van der Waals surface area contributed by atoms with Crippen LogP contribution in [-0.2, 0) is 14.4 Å². The Balaban J connectivity index is 2.03. The number of nitrogens with one attached hydrogen (secondary N) is 1. The number of rotatable bonds is 1. The Morgan fingerprint density at radius 1 is 1.17 bits per heavy atom. The minimum Gasteiger partial charge on any atom is -0.295 e. The van der Waals surface area contributed by atoms with Crippen molar-refractivity contribution in [3.8, 4) is 11.8 Å². The number of fused-ring (bicyclic) bond motifs is 1. The molecule has 3 rings (SSSR count). The van der Waals surface area contributed by atoms with Crippen molar-refractivity contribution in [3.63, 3.8) is 0 Å². The van der Waals surface area contributed by atoms with Gasteiger partial charge in [-0.3, -0.25) is 34.2 Å². The summed E-state index contributed by atoms with van der Waals surface area (Å²) in [6.07, 6.45) is 0.533. The van der Waals surface area contributed by atoms with Gasteiger partial charge < -0.3 is 0 Å². The lowest BCUT2D eigenvalue weighted by Crippen LogP contribution is -2.54. The smallest absolute Gasteiger partial charge is 0.263 e. The Hall–Kier alpha value is -3.27.